The number of aliphatic imine (C=N–C) groups is 1. The van der Waals surface area contributed by atoms with Gasteiger partial charge in [-0.1, -0.05) is 245 Å². The van der Waals surface area contributed by atoms with Gasteiger partial charge in [0.15, 0.2) is 0 Å². The molecule has 0 spiro atoms. The Bertz CT molecular complexity index is 3200. The van der Waals surface area contributed by atoms with E-state index in [1.54, 1.807) is 0 Å². The van der Waals surface area contributed by atoms with E-state index in [0.29, 0.717) is 76.0 Å². The second-order valence-corrected chi connectivity index (χ2v) is 31.6. The van der Waals surface area contributed by atoms with E-state index in [1.807, 2.05) is 127 Å². The van der Waals surface area contributed by atoms with Crippen molar-refractivity contribution in [2.75, 3.05) is 118 Å². The third kappa shape index (κ3) is 59.2. The quantitative estimate of drug-likeness (QED) is 0.0167. The molecule has 18 N–H and O–H groups in total. The Labute approximate surface area is 703 Å². The average Bonchev–Trinajstić information content (AvgIpc) is 0.798. The zero-order valence-corrected chi connectivity index (χ0v) is 72.6. The van der Waals surface area contributed by atoms with Crippen molar-refractivity contribution in [3.8, 4) is 11.5 Å². The molecule has 0 saturated carbocycles. The van der Waals surface area contributed by atoms with Crippen LogP contribution in [0.3, 0.4) is 0 Å². The van der Waals surface area contributed by atoms with Gasteiger partial charge in [-0.25, -0.2) is 4.99 Å². The fourth-order valence-electron chi connectivity index (χ4n) is 9.63. The van der Waals surface area contributed by atoms with Gasteiger partial charge in [0.05, 0.1) is 5.69 Å². The molecule has 0 fully saturated rings. The summed E-state index contributed by atoms with van der Waals surface area (Å²) < 4.78 is 117. The number of benzene rings is 5. The third-order valence-corrected chi connectivity index (χ3v) is 15.3. The fourth-order valence-corrected chi connectivity index (χ4v) is 9.63. The average molecular weight is 1760 g/mol. The second-order valence-electron chi connectivity index (χ2n) is 31.6. The van der Waals surface area contributed by atoms with Crippen LogP contribution in [0.2, 0.25) is 0 Å². The van der Waals surface area contributed by atoms with Crippen LogP contribution in [-0.2, 0) is 75.9 Å². The van der Waals surface area contributed by atoms with Gasteiger partial charge in [0.1, 0.15) is 5.71 Å². The Hall–Kier alpha value is -5.52. The minimum atomic E-state index is -6.00. The summed E-state index contributed by atoms with van der Waals surface area (Å²) in [5.41, 5.74) is 57.6. The first-order valence-corrected chi connectivity index (χ1v) is 36.8. The maximum atomic E-state index is 12.8. The molecule has 1 aliphatic rings. The van der Waals surface area contributed by atoms with Crippen LogP contribution in [0.1, 0.15) is 147 Å². The number of nitrogens with two attached hydrogens (primary N) is 9. The van der Waals surface area contributed by atoms with Crippen molar-refractivity contribution in [3.05, 3.63) is 171 Å². The number of halogens is 12. The molecule has 0 aromatic heterocycles. The summed E-state index contributed by atoms with van der Waals surface area (Å²) in [4.78, 5) is 23.9. The first-order valence-electron chi connectivity index (χ1n) is 36.8. The summed E-state index contributed by atoms with van der Waals surface area (Å²) in [5.74, 6) is 0.0954. The van der Waals surface area contributed by atoms with Gasteiger partial charge in [-0.15, -0.1) is 34.2 Å². The first kappa shape index (κ1) is 119. The van der Waals surface area contributed by atoms with Crippen LogP contribution in [0, 0.1) is 10.8 Å². The Balaban J connectivity index is -0.000000302. The zero-order chi connectivity index (χ0) is 86.6. The van der Waals surface area contributed by atoms with Crippen LogP contribution in [0.4, 0.5) is 80.2 Å². The van der Waals surface area contributed by atoms with Crippen LogP contribution < -0.4 is 61.8 Å². The maximum Gasteiger partial charge on any atom is 3.00 e. The number of Topliss-reactive ketones (excluding diaryl/α,β-unsaturated/α-hetero) is 1. The monoisotopic (exact) mass is 1760 g/mol. The predicted molar refractivity (Wildman–Crippen MR) is 440 cm³/mol. The molecule has 36 heteroatoms. The standard InChI is InChI=1S/2C20H26NO.C20H25NO.3C6H18N4.3BF4.3Ni/c3*1-19(2,3)14-12-16(20(4,5)6)18(22)17(13-14)21-15-10-8-7-9-11-15;3*7-1-4-10(5-2-8)6-3-9;3*2-1(3,4)5;;;/h2*7-13,22H,1-6H3;7-13H,1-6H3;3*1-9H2;;;;;;/q2*-1;;;;;3*-1;2*+2;+3/p-2. The Morgan fingerprint density at radius 1 is 0.360 bits per heavy atom. The molecule has 1 aliphatic carbocycles. The number of carbonyl (C=O) groups is 1. The molecule has 0 aliphatic heterocycles. The molecule has 0 saturated heterocycles. The Morgan fingerprint density at radius 2 is 0.596 bits per heavy atom. The van der Waals surface area contributed by atoms with Gasteiger partial charge >= 0.3 is 71.2 Å². The van der Waals surface area contributed by atoms with Crippen LogP contribution in [0.15, 0.2) is 144 Å². The maximum absolute atomic E-state index is 12.8. The van der Waals surface area contributed by atoms with Crippen molar-refractivity contribution in [1.29, 1.82) is 0 Å². The number of ketones is 1. The SMILES string of the molecule is CC(C)(C)C1=CC(=Nc2ccccc2)C(=O)C(C(C)(C)C)=C1.CC(C)(C)c1cc([N-]c2ccccc2)c([O-])c(C(C)(C)C)c1.CC(C)(C)c1cc([N-]c2ccccc2)c([O-])c(C(C)(C)C)c1.F[B-](F)(F)F.F[B-](F)(F)F.F[B-](F)(F)F.NCCN(CCN)CCN.NCCN(CCN)CCN.NCCN(CCN)CCN.[Ni+2].[Ni+2].[Ni+3]. The van der Waals surface area contributed by atoms with Crippen molar-refractivity contribution < 1.29 is 116 Å². The molecule has 5 aromatic carbocycles. The van der Waals surface area contributed by atoms with E-state index in [1.165, 1.54) is 0 Å². The van der Waals surface area contributed by atoms with E-state index >= 15 is 0 Å². The Kier molecular flexibility index (Phi) is 61.1. The third-order valence-electron chi connectivity index (χ3n) is 15.3. The van der Waals surface area contributed by atoms with Crippen molar-refractivity contribution in [2.24, 2.45) is 67.4 Å². The smallest absolute Gasteiger partial charge is 0.873 e. The zero-order valence-electron chi connectivity index (χ0n) is 69.7. The van der Waals surface area contributed by atoms with Crippen molar-refractivity contribution >= 4 is 61.7 Å². The largest absolute Gasteiger partial charge is 3.00 e. The molecule has 0 amide bonds. The first-order chi connectivity index (χ1) is 50.8. The molecule has 114 heavy (non-hydrogen) atoms. The molecule has 5 aromatic rings. The van der Waals surface area contributed by atoms with E-state index in [2.05, 4.69) is 155 Å². The van der Waals surface area contributed by atoms with E-state index in [4.69, 9.17) is 51.6 Å². The molecular formula is C78H129B3F12N15Ni3O3. The number of hydrogen-bond donors (Lipinski definition) is 9. The number of allylic oxidation sites excluding steroid dienone is 4. The number of rotatable bonds is 23. The molecule has 0 heterocycles. The second kappa shape index (κ2) is 58.4. The van der Waals surface area contributed by atoms with E-state index in [9.17, 15) is 66.8 Å². The minimum Gasteiger partial charge on any atom is -0.873 e. The Morgan fingerprint density at radius 3 is 0.798 bits per heavy atom. The van der Waals surface area contributed by atoms with Gasteiger partial charge in [-0.3, -0.25) is 19.5 Å². The van der Waals surface area contributed by atoms with Crippen LogP contribution in [0.25, 0.3) is 10.6 Å². The molecule has 18 nitrogen and oxygen atoms in total. The van der Waals surface area contributed by atoms with E-state index in [-0.39, 0.29) is 99.2 Å². The normalized spacial score (nSPS) is 12.7. The molecular weight excluding hydrogens is 1630 g/mol. The molecule has 0 unspecified atom stereocenters. The minimum absolute atomic E-state index is 0. The van der Waals surface area contributed by atoms with Crippen LogP contribution >= 0.6 is 0 Å². The van der Waals surface area contributed by atoms with E-state index in [0.717, 1.165) is 109 Å². The van der Waals surface area contributed by atoms with E-state index < -0.39 is 21.8 Å². The summed E-state index contributed by atoms with van der Waals surface area (Å²) in [6, 6.07) is 36.9. The van der Waals surface area contributed by atoms with Crippen molar-refractivity contribution in [2.45, 2.75) is 146 Å². The van der Waals surface area contributed by atoms with Gasteiger partial charge in [-0.05, 0) is 67.4 Å². The number of para-hydroxylation sites is 3. The predicted octanol–water partition coefficient (Wildman–Crippen LogP) is 15.1. The summed E-state index contributed by atoms with van der Waals surface area (Å²) in [6.45, 7) is 52.3. The number of hydrogen-bond acceptors (Lipinski definition) is 16. The number of carbonyl (C=O) groups excluding carboxylic acids is 1. The fraction of sp³-hybridized carbons (Fsp3) is 0.538. The summed E-state index contributed by atoms with van der Waals surface area (Å²) in [7, 11) is -18.0. The van der Waals surface area contributed by atoms with Gasteiger partial charge in [0.2, 0.25) is 5.78 Å². The topological polar surface area (TPSA) is 348 Å². The van der Waals surface area contributed by atoms with Crippen molar-refractivity contribution in [1.82, 2.24) is 14.7 Å². The van der Waals surface area contributed by atoms with Crippen LogP contribution in [0.5, 0.6) is 11.5 Å². The van der Waals surface area contributed by atoms with Gasteiger partial charge in [0.25, 0.3) is 0 Å². The molecule has 0 bridgehead atoms. The molecule has 0 atom stereocenters. The van der Waals surface area contributed by atoms with Crippen molar-refractivity contribution in [3.63, 3.8) is 0 Å². The van der Waals surface area contributed by atoms with Gasteiger partial charge < -0.3 is 124 Å². The summed E-state index contributed by atoms with van der Waals surface area (Å²) in [6.07, 6.45) is 3.98. The number of nitrogens with zero attached hydrogens (tertiary/aromatic N) is 6. The molecule has 1 radical (unpaired) electrons. The van der Waals surface area contributed by atoms with Gasteiger partial charge in [-0.2, -0.15) is 0 Å². The summed E-state index contributed by atoms with van der Waals surface area (Å²) >= 11 is 0. The summed E-state index contributed by atoms with van der Waals surface area (Å²) in [5, 5.41) is 34.8. The molecule has 657 valence electrons. The molecule has 6 rings (SSSR count). The van der Waals surface area contributed by atoms with Gasteiger partial charge in [0, 0.05) is 123 Å². The van der Waals surface area contributed by atoms with Crippen LogP contribution in [-0.4, -0.2) is 166 Å².